The maximum absolute atomic E-state index is 13.2. The topological polar surface area (TPSA) is 131 Å². The summed E-state index contributed by atoms with van der Waals surface area (Å²) in [6.45, 7) is -0.102. The first-order chi connectivity index (χ1) is 16.5. The average molecular weight is 482 g/mol. The zero-order valence-electron chi connectivity index (χ0n) is 18.0. The molecule has 2 aromatic carbocycles. The van der Waals surface area contributed by atoms with Crippen molar-refractivity contribution in [2.24, 2.45) is 0 Å². The number of anilines is 1. The fourth-order valence-electron chi connectivity index (χ4n) is 3.31. The summed E-state index contributed by atoms with van der Waals surface area (Å²) < 4.78 is 10.6. The van der Waals surface area contributed by atoms with Gasteiger partial charge < -0.3 is 19.6 Å². The lowest BCUT2D eigenvalue weighted by Crippen LogP contribution is -2.48. The lowest BCUT2D eigenvalue weighted by atomic mass is 10.1. The molecule has 34 heavy (non-hydrogen) atoms. The van der Waals surface area contributed by atoms with Crippen molar-refractivity contribution in [2.75, 3.05) is 12.0 Å². The fourth-order valence-corrected chi connectivity index (χ4v) is 3.52. The number of imidazole rings is 1. The summed E-state index contributed by atoms with van der Waals surface area (Å²) in [4.78, 5) is 41.7. The minimum Gasteiger partial charge on any atom is -0.497 e. The number of benzene rings is 2. The van der Waals surface area contributed by atoms with Gasteiger partial charge in [-0.2, -0.15) is 9.97 Å². The molecule has 1 amide bonds. The van der Waals surface area contributed by atoms with E-state index in [-0.39, 0.29) is 29.8 Å². The molecule has 1 unspecified atom stereocenters. The molecule has 4 aromatic rings. The Kier molecular flexibility index (Phi) is 6.88. The second kappa shape index (κ2) is 10.2. The Morgan fingerprint density at radius 1 is 1.09 bits per heavy atom. The number of nitrogens with one attached hydrogen (secondary N) is 1. The van der Waals surface area contributed by atoms with Crippen LogP contribution in [0.1, 0.15) is 11.1 Å². The van der Waals surface area contributed by atoms with Gasteiger partial charge >= 0.3 is 12.1 Å². The average Bonchev–Trinajstić information content (AvgIpc) is 3.33. The molecule has 174 valence electrons. The first-order valence-corrected chi connectivity index (χ1v) is 10.6. The molecule has 0 saturated carbocycles. The number of aliphatic carboxylic acids is 1. The molecule has 4 rings (SSSR count). The van der Waals surface area contributed by atoms with Crippen LogP contribution in [0, 0.1) is 0 Å². The van der Waals surface area contributed by atoms with Crippen LogP contribution in [0.25, 0.3) is 11.2 Å². The number of H-pyrrole nitrogens is 1. The summed E-state index contributed by atoms with van der Waals surface area (Å²) in [6.07, 6.45) is 0.429. The lowest BCUT2D eigenvalue weighted by molar-refractivity contribution is -0.138. The van der Waals surface area contributed by atoms with Crippen LogP contribution in [0.5, 0.6) is 5.75 Å². The molecule has 0 bridgehead atoms. The highest BCUT2D eigenvalue weighted by atomic mass is 35.5. The molecule has 0 aliphatic heterocycles. The van der Waals surface area contributed by atoms with Gasteiger partial charge in [-0.15, -0.1) is 0 Å². The third-order valence-corrected chi connectivity index (χ3v) is 5.31. The number of rotatable bonds is 8. The zero-order chi connectivity index (χ0) is 24.1. The minimum atomic E-state index is -1.36. The third kappa shape index (κ3) is 5.07. The van der Waals surface area contributed by atoms with Gasteiger partial charge in [-0.1, -0.05) is 54.1 Å². The molecule has 0 fully saturated rings. The van der Waals surface area contributed by atoms with Crippen LogP contribution in [0.3, 0.4) is 0 Å². The van der Waals surface area contributed by atoms with Crippen molar-refractivity contribution in [3.8, 4) is 5.75 Å². The number of ether oxygens (including phenoxy) is 2. The number of halogens is 1. The second-order valence-corrected chi connectivity index (χ2v) is 7.59. The number of aromatic nitrogens is 4. The largest absolute Gasteiger partial charge is 0.497 e. The number of methoxy groups -OCH3 is 1. The smallest absolute Gasteiger partial charge is 0.417 e. The van der Waals surface area contributed by atoms with Crippen LogP contribution >= 0.6 is 11.6 Å². The summed E-state index contributed by atoms with van der Waals surface area (Å²) in [7, 11) is 1.55. The Hall–Kier alpha value is -4.18. The summed E-state index contributed by atoms with van der Waals surface area (Å²) in [5.41, 5.74) is 1.94. The van der Waals surface area contributed by atoms with E-state index in [2.05, 4.69) is 19.9 Å². The monoisotopic (exact) mass is 481 g/mol. The predicted octanol–water partition coefficient (Wildman–Crippen LogP) is 3.85. The Morgan fingerprint density at radius 3 is 2.50 bits per heavy atom. The molecular weight excluding hydrogens is 462 g/mol. The molecule has 10 nitrogen and oxygen atoms in total. The molecule has 2 aromatic heterocycles. The van der Waals surface area contributed by atoms with Gasteiger partial charge in [0.2, 0.25) is 5.95 Å². The Balaban J connectivity index is 1.67. The number of fused-ring (bicyclic) bond motifs is 1. The van der Waals surface area contributed by atoms with Crippen molar-refractivity contribution in [3.05, 3.63) is 77.2 Å². The first-order valence-electron chi connectivity index (χ1n) is 10.2. The summed E-state index contributed by atoms with van der Waals surface area (Å²) in [5.74, 6) is -0.833. The van der Waals surface area contributed by atoms with E-state index in [4.69, 9.17) is 21.1 Å². The Morgan fingerprint density at radius 2 is 1.82 bits per heavy atom. The molecule has 0 aliphatic rings. The standard InChI is InChI=1S/C23H20ClN5O5/c1-33-16-9-7-15(8-10-16)12-34-23(32)29(17(21(30)31)11-14-5-3-2-4-6-14)22-27-19(24)18-20(28-22)26-13-25-18/h2-10,13,17H,11-12H2,1H3,(H,30,31)(H,25,26,27,28). The molecule has 11 heteroatoms. The third-order valence-electron chi connectivity index (χ3n) is 5.03. The Labute approximate surface area is 199 Å². The molecule has 2 N–H and O–H groups in total. The number of carbonyl (C=O) groups is 2. The first kappa shape index (κ1) is 23.0. The van der Waals surface area contributed by atoms with Gasteiger partial charge in [0.1, 0.15) is 23.9 Å². The molecule has 0 aliphatic carbocycles. The van der Waals surface area contributed by atoms with Crippen LogP contribution in [0.15, 0.2) is 60.9 Å². The summed E-state index contributed by atoms with van der Waals surface area (Å²) in [6, 6.07) is 14.5. The van der Waals surface area contributed by atoms with E-state index in [1.54, 1.807) is 55.6 Å². The van der Waals surface area contributed by atoms with Crippen molar-refractivity contribution in [2.45, 2.75) is 19.1 Å². The van der Waals surface area contributed by atoms with Gasteiger partial charge in [0.15, 0.2) is 10.8 Å². The van der Waals surface area contributed by atoms with Crippen LogP contribution in [-0.4, -0.2) is 50.3 Å². The number of nitrogens with zero attached hydrogens (tertiary/aromatic N) is 4. The highest BCUT2D eigenvalue weighted by Crippen LogP contribution is 2.24. The predicted molar refractivity (Wildman–Crippen MR) is 124 cm³/mol. The number of hydrogen-bond acceptors (Lipinski definition) is 7. The van der Waals surface area contributed by atoms with E-state index >= 15 is 0 Å². The molecule has 0 radical (unpaired) electrons. The maximum Gasteiger partial charge on any atom is 0.417 e. The van der Waals surface area contributed by atoms with Crippen LogP contribution in [0.2, 0.25) is 5.15 Å². The van der Waals surface area contributed by atoms with E-state index in [1.165, 1.54) is 6.33 Å². The highest BCUT2D eigenvalue weighted by molar-refractivity contribution is 6.33. The van der Waals surface area contributed by atoms with E-state index in [9.17, 15) is 14.7 Å². The van der Waals surface area contributed by atoms with Gasteiger partial charge in [0.25, 0.3) is 0 Å². The van der Waals surface area contributed by atoms with E-state index < -0.39 is 18.1 Å². The van der Waals surface area contributed by atoms with Gasteiger partial charge in [-0.05, 0) is 23.3 Å². The number of carbonyl (C=O) groups excluding carboxylic acids is 1. The van der Waals surface area contributed by atoms with Gasteiger partial charge in [0.05, 0.1) is 13.4 Å². The lowest BCUT2D eigenvalue weighted by Gasteiger charge is -2.26. The normalized spacial score (nSPS) is 11.7. The zero-order valence-corrected chi connectivity index (χ0v) is 18.8. The second-order valence-electron chi connectivity index (χ2n) is 7.23. The van der Waals surface area contributed by atoms with Gasteiger partial charge in [-0.3, -0.25) is 0 Å². The van der Waals surface area contributed by atoms with Crippen molar-refractivity contribution in [1.29, 1.82) is 0 Å². The number of amides is 1. The molecule has 1 atom stereocenters. The maximum atomic E-state index is 13.2. The molecular formula is C23H20ClN5O5. The SMILES string of the molecule is COc1ccc(COC(=O)N(c2nc(Cl)c3[nH]cnc3n2)C(Cc2ccccc2)C(=O)O)cc1. The molecule has 0 spiro atoms. The van der Waals surface area contributed by atoms with Gasteiger partial charge in [0, 0.05) is 6.42 Å². The minimum absolute atomic E-state index is 0.00527. The van der Waals surface area contributed by atoms with Crippen LogP contribution in [0.4, 0.5) is 10.7 Å². The van der Waals surface area contributed by atoms with Crippen LogP contribution < -0.4 is 9.64 Å². The highest BCUT2D eigenvalue weighted by Gasteiger charge is 2.35. The number of aromatic amines is 1. The van der Waals surface area contributed by atoms with Crippen molar-refractivity contribution >= 4 is 40.8 Å². The van der Waals surface area contributed by atoms with Crippen LogP contribution in [-0.2, 0) is 22.6 Å². The summed E-state index contributed by atoms with van der Waals surface area (Å²) >= 11 is 6.24. The number of carboxylic acids is 1. The number of hydrogen-bond donors (Lipinski definition) is 2. The summed E-state index contributed by atoms with van der Waals surface area (Å²) in [5, 5.41) is 10.0. The van der Waals surface area contributed by atoms with Crippen molar-refractivity contribution < 1.29 is 24.2 Å². The van der Waals surface area contributed by atoms with Gasteiger partial charge in [-0.25, -0.2) is 19.5 Å². The number of carboxylic acid groups (broad SMARTS) is 1. The quantitative estimate of drug-likeness (QED) is 0.363. The van der Waals surface area contributed by atoms with Crippen molar-refractivity contribution in [1.82, 2.24) is 19.9 Å². The molecule has 0 saturated heterocycles. The molecule has 2 heterocycles. The van der Waals surface area contributed by atoms with E-state index in [0.29, 0.717) is 22.4 Å². The van der Waals surface area contributed by atoms with E-state index in [1.807, 2.05) is 6.07 Å². The van der Waals surface area contributed by atoms with E-state index in [0.717, 1.165) is 4.90 Å². The Bertz CT molecular complexity index is 1300. The van der Waals surface area contributed by atoms with Crippen molar-refractivity contribution in [3.63, 3.8) is 0 Å². The fraction of sp³-hybridized carbons (Fsp3) is 0.174.